The fourth-order valence-corrected chi connectivity index (χ4v) is 7.30. The molecule has 1 unspecified atom stereocenters. The number of hydrogen-bond acceptors (Lipinski definition) is 6. The summed E-state index contributed by atoms with van der Waals surface area (Å²) in [4.78, 5) is 37.8. The number of rotatable bonds is 44. The van der Waals surface area contributed by atoms with E-state index in [0.717, 1.165) is 63.7 Å². The molecule has 6 nitrogen and oxygen atoms in total. The van der Waals surface area contributed by atoms with E-state index in [1.54, 1.807) is 0 Å². The van der Waals surface area contributed by atoms with E-state index in [0.29, 0.717) is 19.3 Å². The highest BCUT2D eigenvalue weighted by atomic mass is 16.6. The van der Waals surface area contributed by atoms with Crippen LogP contribution in [0.2, 0.25) is 0 Å². The molecule has 0 heterocycles. The Morgan fingerprint density at radius 2 is 0.636 bits per heavy atom. The molecule has 0 saturated heterocycles. The number of carbonyl (C=O) groups is 3. The van der Waals surface area contributed by atoms with Gasteiger partial charge in [0, 0.05) is 19.3 Å². The summed E-state index contributed by atoms with van der Waals surface area (Å²) < 4.78 is 16.8. The van der Waals surface area contributed by atoms with Crippen LogP contribution in [-0.2, 0) is 28.6 Å². The third kappa shape index (κ3) is 41.9. The van der Waals surface area contributed by atoms with Crippen LogP contribution in [0.5, 0.6) is 0 Å². The predicted molar refractivity (Wildman–Crippen MR) is 233 cm³/mol. The predicted octanol–water partition coefficient (Wildman–Crippen LogP) is 15.5. The van der Waals surface area contributed by atoms with Crippen molar-refractivity contribution in [2.24, 2.45) is 5.92 Å². The highest BCUT2D eigenvalue weighted by Gasteiger charge is 2.19. The van der Waals surface area contributed by atoms with Gasteiger partial charge in [0.25, 0.3) is 0 Å². The van der Waals surface area contributed by atoms with Crippen LogP contribution in [0, 0.1) is 5.92 Å². The van der Waals surface area contributed by atoms with Crippen molar-refractivity contribution in [1.82, 2.24) is 0 Å². The SMILES string of the molecule is CCCCCCCCCCCCCCC(=O)O[C@H](COC(=O)CCCCCCCCCCCCC)COC(=O)CCCCCCCCCCCCC(C)CC. The molecule has 0 fully saturated rings. The van der Waals surface area contributed by atoms with Crippen LogP contribution in [0.25, 0.3) is 0 Å². The van der Waals surface area contributed by atoms with Crippen LogP contribution in [0.4, 0.5) is 0 Å². The van der Waals surface area contributed by atoms with Crippen molar-refractivity contribution in [3.8, 4) is 0 Å². The van der Waals surface area contributed by atoms with Gasteiger partial charge in [0.05, 0.1) is 0 Å². The van der Waals surface area contributed by atoms with E-state index in [4.69, 9.17) is 14.2 Å². The van der Waals surface area contributed by atoms with Crippen LogP contribution in [0.1, 0.15) is 272 Å². The van der Waals surface area contributed by atoms with Crippen molar-refractivity contribution < 1.29 is 28.6 Å². The Hall–Kier alpha value is -1.59. The van der Waals surface area contributed by atoms with Gasteiger partial charge in [0.2, 0.25) is 0 Å². The number of hydrogen-bond donors (Lipinski definition) is 0. The van der Waals surface area contributed by atoms with Gasteiger partial charge in [-0.1, -0.05) is 233 Å². The maximum absolute atomic E-state index is 12.7. The summed E-state index contributed by atoms with van der Waals surface area (Å²) in [5.74, 6) is 0.0201. The quantitative estimate of drug-likeness (QED) is 0.0348. The van der Waals surface area contributed by atoms with E-state index in [2.05, 4.69) is 27.7 Å². The first-order valence-electron chi connectivity index (χ1n) is 24.4. The summed E-state index contributed by atoms with van der Waals surface area (Å²) in [6, 6.07) is 0. The smallest absolute Gasteiger partial charge is 0.306 e. The molecule has 0 aliphatic rings. The van der Waals surface area contributed by atoms with E-state index in [1.807, 2.05) is 0 Å². The van der Waals surface area contributed by atoms with Gasteiger partial charge in [0.15, 0.2) is 6.10 Å². The maximum atomic E-state index is 12.7. The molecule has 0 N–H and O–H groups in total. The second-order valence-electron chi connectivity index (χ2n) is 17.0. The van der Waals surface area contributed by atoms with Gasteiger partial charge in [-0.05, 0) is 25.2 Å². The zero-order chi connectivity index (χ0) is 40.3. The summed E-state index contributed by atoms with van der Waals surface area (Å²) in [7, 11) is 0. The molecule has 0 amide bonds. The molecule has 0 aliphatic carbocycles. The highest BCUT2D eigenvalue weighted by molar-refractivity contribution is 5.71. The van der Waals surface area contributed by atoms with Gasteiger partial charge >= 0.3 is 17.9 Å². The summed E-state index contributed by atoms with van der Waals surface area (Å²) in [6.07, 6.45) is 43.6. The molecule has 0 aliphatic heterocycles. The monoisotopic (exact) mass is 779 g/mol. The van der Waals surface area contributed by atoms with Gasteiger partial charge in [-0.25, -0.2) is 0 Å². The molecule has 2 atom stereocenters. The Labute approximate surface area is 342 Å². The third-order valence-corrected chi connectivity index (χ3v) is 11.4. The molecular weight excluding hydrogens is 685 g/mol. The second kappa shape index (κ2) is 43.5. The molecule has 0 spiro atoms. The summed E-state index contributed by atoms with van der Waals surface area (Å²) in [5, 5.41) is 0. The molecule has 0 radical (unpaired) electrons. The largest absolute Gasteiger partial charge is 0.462 e. The van der Waals surface area contributed by atoms with Gasteiger partial charge < -0.3 is 14.2 Å². The third-order valence-electron chi connectivity index (χ3n) is 11.4. The Morgan fingerprint density at radius 3 is 0.945 bits per heavy atom. The van der Waals surface area contributed by atoms with E-state index < -0.39 is 6.10 Å². The molecule has 0 aromatic carbocycles. The number of ether oxygens (including phenoxy) is 3. The zero-order valence-electron chi connectivity index (χ0n) is 37.4. The van der Waals surface area contributed by atoms with Crippen LogP contribution >= 0.6 is 0 Å². The molecule has 0 aromatic heterocycles. The number of carbonyl (C=O) groups excluding carboxylic acids is 3. The van der Waals surface area contributed by atoms with Crippen LogP contribution in [-0.4, -0.2) is 37.2 Å². The first-order chi connectivity index (χ1) is 26.9. The summed E-state index contributed by atoms with van der Waals surface area (Å²) in [6.45, 7) is 9.03. The van der Waals surface area contributed by atoms with Gasteiger partial charge in [0.1, 0.15) is 13.2 Å². The standard InChI is InChI=1S/C49H94O6/c1-5-8-10-12-14-16-18-20-26-30-34-38-42-49(52)55-46(43-53-47(50)40-36-32-28-24-19-17-15-13-11-9-6-2)44-54-48(51)41-37-33-29-25-22-21-23-27-31-35-39-45(4)7-3/h45-46H,5-44H2,1-4H3/t45?,46-/m1/s1. The molecule has 0 aromatic rings. The maximum Gasteiger partial charge on any atom is 0.306 e. The molecule has 6 heteroatoms. The van der Waals surface area contributed by atoms with Gasteiger partial charge in [-0.15, -0.1) is 0 Å². The van der Waals surface area contributed by atoms with E-state index >= 15 is 0 Å². The van der Waals surface area contributed by atoms with Crippen LogP contribution < -0.4 is 0 Å². The minimum atomic E-state index is -0.759. The van der Waals surface area contributed by atoms with Crippen LogP contribution in [0.15, 0.2) is 0 Å². The lowest BCUT2D eigenvalue weighted by atomic mass is 9.99. The minimum absolute atomic E-state index is 0.0633. The Bertz CT molecular complexity index is 828. The van der Waals surface area contributed by atoms with Gasteiger partial charge in [-0.3, -0.25) is 14.4 Å². The summed E-state index contributed by atoms with van der Waals surface area (Å²) in [5.41, 5.74) is 0. The average molecular weight is 779 g/mol. The molecule has 0 bridgehead atoms. The Balaban J connectivity index is 4.32. The van der Waals surface area contributed by atoms with Crippen molar-refractivity contribution in [2.45, 2.75) is 278 Å². The van der Waals surface area contributed by atoms with E-state index in [1.165, 1.54) is 167 Å². The number of esters is 3. The van der Waals surface area contributed by atoms with Gasteiger partial charge in [-0.2, -0.15) is 0 Å². The fraction of sp³-hybridized carbons (Fsp3) is 0.939. The fourth-order valence-electron chi connectivity index (χ4n) is 7.30. The number of unbranched alkanes of at least 4 members (excludes halogenated alkanes) is 30. The van der Waals surface area contributed by atoms with Crippen molar-refractivity contribution >= 4 is 17.9 Å². The normalized spacial score (nSPS) is 12.4. The lowest BCUT2D eigenvalue weighted by molar-refractivity contribution is -0.167. The van der Waals surface area contributed by atoms with Crippen molar-refractivity contribution in [3.63, 3.8) is 0 Å². The van der Waals surface area contributed by atoms with Crippen molar-refractivity contribution in [2.75, 3.05) is 13.2 Å². The molecular formula is C49H94O6. The highest BCUT2D eigenvalue weighted by Crippen LogP contribution is 2.17. The van der Waals surface area contributed by atoms with Crippen molar-refractivity contribution in [1.29, 1.82) is 0 Å². The average Bonchev–Trinajstić information content (AvgIpc) is 3.18. The Morgan fingerprint density at radius 1 is 0.364 bits per heavy atom. The lowest BCUT2D eigenvalue weighted by Crippen LogP contribution is -2.30. The lowest BCUT2D eigenvalue weighted by Gasteiger charge is -2.18. The minimum Gasteiger partial charge on any atom is -0.462 e. The molecule has 326 valence electrons. The second-order valence-corrected chi connectivity index (χ2v) is 17.0. The molecule has 0 saturated carbocycles. The zero-order valence-corrected chi connectivity index (χ0v) is 37.4. The van der Waals surface area contributed by atoms with Crippen LogP contribution in [0.3, 0.4) is 0 Å². The first kappa shape index (κ1) is 53.4. The summed E-state index contributed by atoms with van der Waals surface area (Å²) >= 11 is 0. The topological polar surface area (TPSA) is 78.9 Å². The van der Waals surface area contributed by atoms with E-state index in [-0.39, 0.29) is 31.1 Å². The van der Waals surface area contributed by atoms with Crippen molar-refractivity contribution in [3.05, 3.63) is 0 Å². The van der Waals surface area contributed by atoms with E-state index in [9.17, 15) is 14.4 Å². The molecule has 55 heavy (non-hydrogen) atoms. The molecule has 0 rings (SSSR count). The first-order valence-corrected chi connectivity index (χ1v) is 24.4. The Kier molecular flexibility index (Phi) is 42.3.